The summed E-state index contributed by atoms with van der Waals surface area (Å²) < 4.78 is 11.3. The second-order valence-electron chi connectivity index (χ2n) is 7.48. The topological polar surface area (TPSA) is 35.3 Å². The first kappa shape index (κ1) is 16.6. The lowest BCUT2D eigenvalue weighted by molar-refractivity contribution is 0.368. The number of pyridine rings is 1. The Morgan fingerprint density at radius 2 is 1.82 bits per heavy atom. The second kappa shape index (κ2) is 6.15. The van der Waals surface area contributed by atoms with E-state index >= 15 is 0 Å². The van der Waals surface area contributed by atoms with Crippen LogP contribution in [0.5, 0.6) is 5.75 Å². The van der Waals surface area contributed by atoms with E-state index in [0.29, 0.717) is 0 Å². The predicted molar refractivity (Wildman–Crippen MR) is 89.5 cm³/mol. The molecule has 0 aliphatic rings. The summed E-state index contributed by atoms with van der Waals surface area (Å²) in [5.41, 5.74) is 1.08. The van der Waals surface area contributed by atoms with Gasteiger partial charge >= 0.3 is 0 Å². The van der Waals surface area contributed by atoms with Gasteiger partial charge in [0.2, 0.25) is 0 Å². The summed E-state index contributed by atoms with van der Waals surface area (Å²) in [5.74, 6) is 2.94. The molecule has 0 aromatic carbocycles. The average Bonchev–Trinajstić information content (AvgIpc) is 2.94. The highest BCUT2D eigenvalue weighted by molar-refractivity contribution is 5.27. The van der Waals surface area contributed by atoms with Crippen molar-refractivity contribution in [1.29, 1.82) is 0 Å². The minimum Gasteiger partial charge on any atom is -0.497 e. The third-order valence-corrected chi connectivity index (χ3v) is 4.06. The van der Waals surface area contributed by atoms with Gasteiger partial charge in [-0.05, 0) is 24.6 Å². The lowest BCUT2D eigenvalue weighted by Gasteiger charge is -2.24. The van der Waals surface area contributed by atoms with Crippen molar-refractivity contribution in [2.75, 3.05) is 7.11 Å². The second-order valence-corrected chi connectivity index (χ2v) is 7.48. The molecule has 3 heteroatoms. The molecule has 0 amide bonds. The van der Waals surface area contributed by atoms with E-state index in [0.717, 1.165) is 35.8 Å². The summed E-state index contributed by atoms with van der Waals surface area (Å²) in [6.07, 6.45) is 3.69. The van der Waals surface area contributed by atoms with Gasteiger partial charge < -0.3 is 9.15 Å². The predicted octanol–water partition coefficient (Wildman–Crippen LogP) is 4.89. The zero-order valence-electron chi connectivity index (χ0n) is 14.6. The van der Waals surface area contributed by atoms with E-state index in [4.69, 9.17) is 9.15 Å². The summed E-state index contributed by atoms with van der Waals surface area (Å²) in [5, 5.41) is 0. The number of aromatic nitrogens is 1. The van der Waals surface area contributed by atoms with Crippen molar-refractivity contribution in [2.24, 2.45) is 0 Å². The van der Waals surface area contributed by atoms with E-state index in [1.165, 1.54) is 0 Å². The van der Waals surface area contributed by atoms with Gasteiger partial charge in [0.25, 0.3) is 0 Å². The third kappa shape index (κ3) is 3.90. The van der Waals surface area contributed by atoms with Gasteiger partial charge in [-0.1, -0.05) is 34.6 Å². The standard InChI is InChI=1S/C19H27NO2/c1-18(2,3)17-8-7-14(22-17)9-11-19(4,5)16-13-15(21-6)10-12-20-16/h7-8,10,12-13H,9,11H2,1-6H3. The van der Waals surface area contributed by atoms with Gasteiger partial charge in [-0.3, -0.25) is 4.98 Å². The Kier molecular flexibility index (Phi) is 4.64. The van der Waals surface area contributed by atoms with Crippen molar-refractivity contribution < 1.29 is 9.15 Å². The van der Waals surface area contributed by atoms with Gasteiger partial charge in [0.1, 0.15) is 17.3 Å². The molecule has 3 nitrogen and oxygen atoms in total. The number of ether oxygens (including phenoxy) is 1. The number of hydrogen-bond acceptors (Lipinski definition) is 3. The van der Waals surface area contributed by atoms with Crippen LogP contribution in [-0.2, 0) is 17.3 Å². The van der Waals surface area contributed by atoms with E-state index in [2.05, 4.69) is 51.7 Å². The van der Waals surface area contributed by atoms with Crippen LogP contribution in [0, 0.1) is 0 Å². The molecule has 2 heterocycles. The van der Waals surface area contributed by atoms with Gasteiger partial charge in [-0.15, -0.1) is 0 Å². The summed E-state index contributed by atoms with van der Waals surface area (Å²) in [4.78, 5) is 4.51. The molecule has 0 saturated carbocycles. The van der Waals surface area contributed by atoms with E-state index in [1.54, 1.807) is 13.3 Å². The molecule has 0 aliphatic heterocycles. The molecular weight excluding hydrogens is 274 g/mol. The molecule has 2 aromatic heterocycles. The quantitative estimate of drug-likeness (QED) is 0.788. The van der Waals surface area contributed by atoms with Crippen LogP contribution in [0.3, 0.4) is 0 Å². The van der Waals surface area contributed by atoms with Crippen molar-refractivity contribution in [3.05, 3.63) is 47.7 Å². The molecule has 0 bridgehead atoms. The maximum Gasteiger partial charge on any atom is 0.122 e. The fourth-order valence-electron chi connectivity index (χ4n) is 2.39. The molecule has 120 valence electrons. The molecule has 2 rings (SSSR count). The maximum absolute atomic E-state index is 5.98. The van der Waals surface area contributed by atoms with Crippen molar-refractivity contribution in [2.45, 2.75) is 58.3 Å². The van der Waals surface area contributed by atoms with Gasteiger partial charge in [-0.25, -0.2) is 0 Å². The molecule has 0 radical (unpaired) electrons. The molecule has 0 fully saturated rings. The van der Waals surface area contributed by atoms with E-state index in [-0.39, 0.29) is 10.8 Å². The number of rotatable bonds is 5. The largest absolute Gasteiger partial charge is 0.497 e. The summed E-state index contributed by atoms with van der Waals surface area (Å²) in [6, 6.07) is 8.08. The zero-order chi connectivity index (χ0) is 16.4. The highest BCUT2D eigenvalue weighted by atomic mass is 16.5. The van der Waals surface area contributed by atoms with Crippen molar-refractivity contribution >= 4 is 0 Å². The molecule has 0 saturated heterocycles. The number of aryl methyl sites for hydroxylation is 1. The molecule has 0 N–H and O–H groups in total. The Bertz CT molecular complexity index is 620. The minimum absolute atomic E-state index is 0.0246. The summed E-state index contributed by atoms with van der Waals surface area (Å²) in [7, 11) is 1.68. The van der Waals surface area contributed by atoms with Gasteiger partial charge in [0.05, 0.1) is 7.11 Å². The van der Waals surface area contributed by atoms with Crippen LogP contribution in [0.1, 0.15) is 58.3 Å². The molecule has 22 heavy (non-hydrogen) atoms. The van der Waals surface area contributed by atoms with Crippen LogP contribution >= 0.6 is 0 Å². The fourth-order valence-corrected chi connectivity index (χ4v) is 2.39. The van der Waals surface area contributed by atoms with Gasteiger partial charge in [0.15, 0.2) is 0 Å². The van der Waals surface area contributed by atoms with E-state index in [1.807, 2.05) is 12.1 Å². The van der Waals surface area contributed by atoms with Gasteiger partial charge in [0, 0.05) is 35.2 Å². The highest BCUT2D eigenvalue weighted by Gasteiger charge is 2.24. The van der Waals surface area contributed by atoms with Crippen molar-refractivity contribution in [1.82, 2.24) is 4.98 Å². The Balaban J connectivity index is 2.07. The average molecular weight is 301 g/mol. The summed E-state index contributed by atoms with van der Waals surface area (Å²) >= 11 is 0. The molecule has 0 atom stereocenters. The van der Waals surface area contributed by atoms with Crippen LogP contribution in [0.25, 0.3) is 0 Å². The highest BCUT2D eigenvalue weighted by Crippen LogP contribution is 2.30. The normalized spacial score (nSPS) is 12.5. The number of nitrogens with zero attached hydrogens (tertiary/aromatic N) is 1. The van der Waals surface area contributed by atoms with E-state index in [9.17, 15) is 0 Å². The van der Waals surface area contributed by atoms with E-state index < -0.39 is 0 Å². The Morgan fingerprint density at radius 1 is 1.09 bits per heavy atom. The molecular formula is C19H27NO2. The third-order valence-electron chi connectivity index (χ3n) is 4.06. The van der Waals surface area contributed by atoms with Crippen LogP contribution in [0.4, 0.5) is 0 Å². The van der Waals surface area contributed by atoms with Crippen molar-refractivity contribution in [3.8, 4) is 5.75 Å². The van der Waals surface area contributed by atoms with Crippen LogP contribution in [-0.4, -0.2) is 12.1 Å². The fraction of sp³-hybridized carbons (Fsp3) is 0.526. The van der Waals surface area contributed by atoms with Crippen LogP contribution in [0.2, 0.25) is 0 Å². The van der Waals surface area contributed by atoms with Crippen molar-refractivity contribution in [3.63, 3.8) is 0 Å². The van der Waals surface area contributed by atoms with Gasteiger partial charge in [-0.2, -0.15) is 0 Å². The zero-order valence-corrected chi connectivity index (χ0v) is 14.6. The first-order chi connectivity index (χ1) is 10.2. The van der Waals surface area contributed by atoms with Crippen LogP contribution < -0.4 is 4.74 Å². The molecule has 2 aromatic rings. The smallest absolute Gasteiger partial charge is 0.122 e. The number of hydrogen-bond donors (Lipinski definition) is 0. The first-order valence-corrected chi connectivity index (χ1v) is 7.82. The Morgan fingerprint density at radius 3 is 2.41 bits per heavy atom. The lowest BCUT2D eigenvalue weighted by atomic mass is 9.83. The maximum atomic E-state index is 5.98. The molecule has 0 unspecified atom stereocenters. The molecule has 0 aliphatic carbocycles. The lowest BCUT2D eigenvalue weighted by Crippen LogP contribution is -2.19. The molecule has 0 spiro atoms. The number of methoxy groups -OCH3 is 1. The SMILES string of the molecule is COc1ccnc(C(C)(C)CCc2ccc(C(C)(C)C)o2)c1. The minimum atomic E-state index is -0.0246. The summed E-state index contributed by atoms with van der Waals surface area (Å²) in [6.45, 7) is 10.9. The number of furan rings is 1. The monoisotopic (exact) mass is 301 g/mol. The Labute approximate surface area is 133 Å². The first-order valence-electron chi connectivity index (χ1n) is 7.82. The van der Waals surface area contributed by atoms with Crippen LogP contribution in [0.15, 0.2) is 34.9 Å². The Hall–Kier alpha value is -1.77.